The second-order valence-electron chi connectivity index (χ2n) is 8.08. The first-order valence-electron chi connectivity index (χ1n) is 10.7. The maximum atomic E-state index is 13.5. The Morgan fingerprint density at radius 1 is 1.12 bits per heavy atom. The maximum absolute atomic E-state index is 13.5. The van der Waals surface area contributed by atoms with E-state index in [1.807, 2.05) is 36.5 Å². The van der Waals surface area contributed by atoms with Crippen LogP contribution in [0.4, 0.5) is 29.3 Å². The van der Waals surface area contributed by atoms with Crippen LogP contribution in [0.5, 0.6) is 5.75 Å². The number of hydrogen-bond acceptors (Lipinski definition) is 3. The molecule has 4 aromatic rings. The van der Waals surface area contributed by atoms with Crippen molar-refractivity contribution in [3.05, 3.63) is 83.8 Å². The number of halogens is 3. The normalized spacial score (nSPS) is 13.2. The van der Waals surface area contributed by atoms with Crippen molar-refractivity contribution in [1.82, 2.24) is 9.55 Å². The molecule has 5 rings (SSSR count). The lowest BCUT2D eigenvalue weighted by molar-refractivity contribution is -0.138. The number of methoxy groups -OCH3 is 1. The molecule has 2 amide bonds. The molecule has 174 valence electrons. The molecule has 1 aliphatic heterocycles. The van der Waals surface area contributed by atoms with E-state index in [9.17, 15) is 18.0 Å². The van der Waals surface area contributed by atoms with Crippen molar-refractivity contribution in [3.63, 3.8) is 0 Å². The van der Waals surface area contributed by atoms with Crippen molar-refractivity contribution in [3.8, 4) is 5.75 Å². The van der Waals surface area contributed by atoms with Crippen LogP contribution in [0.3, 0.4) is 0 Å². The highest BCUT2D eigenvalue weighted by atomic mass is 19.4. The summed E-state index contributed by atoms with van der Waals surface area (Å²) in [6.07, 6.45) is 1.34. The first-order valence-corrected chi connectivity index (χ1v) is 10.7. The third-order valence-corrected chi connectivity index (χ3v) is 5.97. The topological polar surface area (TPSA) is 59.4 Å². The highest BCUT2D eigenvalue weighted by molar-refractivity contribution is 6.04. The van der Waals surface area contributed by atoms with Gasteiger partial charge >= 0.3 is 12.2 Å². The van der Waals surface area contributed by atoms with E-state index in [1.165, 1.54) is 18.1 Å². The molecule has 0 atom stereocenters. The Hall–Kier alpha value is -4.01. The molecule has 0 bridgehead atoms. The van der Waals surface area contributed by atoms with Gasteiger partial charge in [-0.1, -0.05) is 0 Å². The van der Waals surface area contributed by atoms with E-state index in [0.29, 0.717) is 24.2 Å². The van der Waals surface area contributed by atoms with E-state index in [0.717, 1.165) is 22.5 Å². The third kappa shape index (κ3) is 4.05. The zero-order valence-corrected chi connectivity index (χ0v) is 18.3. The Bertz CT molecular complexity index is 1370. The SMILES string of the molecule is COc1cc2c(cc1C(F)(F)F)N(C(=O)Nc1ccc3c(ccn3Cc3ccncc3)c1)CC2. The minimum absolute atomic E-state index is 0.241. The number of anilines is 2. The van der Waals surface area contributed by atoms with Crippen molar-refractivity contribution in [2.45, 2.75) is 19.1 Å². The number of hydrogen-bond donors (Lipinski definition) is 1. The Morgan fingerprint density at radius 2 is 1.91 bits per heavy atom. The highest BCUT2D eigenvalue weighted by Crippen LogP contribution is 2.42. The van der Waals surface area contributed by atoms with Crippen LogP contribution >= 0.6 is 0 Å². The number of pyridine rings is 1. The number of carbonyl (C=O) groups is 1. The average molecular weight is 466 g/mol. The van der Waals surface area contributed by atoms with Crippen LogP contribution in [0.15, 0.2) is 67.1 Å². The number of aromatic nitrogens is 2. The summed E-state index contributed by atoms with van der Waals surface area (Å²) >= 11 is 0. The number of alkyl halides is 3. The molecule has 0 unspecified atom stereocenters. The monoisotopic (exact) mass is 466 g/mol. The lowest BCUT2D eigenvalue weighted by Crippen LogP contribution is -2.33. The second-order valence-corrected chi connectivity index (χ2v) is 8.08. The molecular formula is C25H21F3N4O2. The molecule has 2 aromatic heterocycles. The van der Waals surface area contributed by atoms with Crippen molar-refractivity contribution in [2.75, 3.05) is 23.9 Å². The molecule has 3 heterocycles. The highest BCUT2D eigenvalue weighted by Gasteiger charge is 2.37. The van der Waals surface area contributed by atoms with Crippen molar-refractivity contribution in [1.29, 1.82) is 0 Å². The van der Waals surface area contributed by atoms with Gasteiger partial charge in [0.25, 0.3) is 0 Å². The van der Waals surface area contributed by atoms with Crippen LogP contribution < -0.4 is 15.0 Å². The van der Waals surface area contributed by atoms with Gasteiger partial charge in [-0.15, -0.1) is 0 Å². The predicted octanol–water partition coefficient (Wildman–Crippen LogP) is 5.71. The molecule has 2 aromatic carbocycles. The summed E-state index contributed by atoms with van der Waals surface area (Å²) in [6, 6.07) is 13.3. The lowest BCUT2D eigenvalue weighted by Gasteiger charge is -2.20. The molecule has 0 aliphatic carbocycles. The number of amides is 2. The van der Waals surface area contributed by atoms with E-state index in [4.69, 9.17) is 4.74 Å². The van der Waals surface area contributed by atoms with Gasteiger partial charge in [0.05, 0.1) is 12.7 Å². The average Bonchev–Trinajstić information content (AvgIpc) is 3.42. The molecule has 0 spiro atoms. The molecule has 0 radical (unpaired) electrons. The standard InChI is InChI=1S/C25H21F3N4O2/c1-34-23-13-18-7-11-32(22(18)14-20(23)25(26,27)28)24(33)30-19-2-3-21-17(12-19)6-10-31(21)15-16-4-8-29-9-5-16/h2-6,8-10,12-14H,7,11,15H2,1H3,(H,30,33). The molecule has 0 fully saturated rings. The Morgan fingerprint density at radius 3 is 2.65 bits per heavy atom. The fraction of sp³-hybridized carbons (Fsp3) is 0.200. The molecule has 34 heavy (non-hydrogen) atoms. The quantitative estimate of drug-likeness (QED) is 0.419. The van der Waals surface area contributed by atoms with E-state index in [2.05, 4.69) is 14.9 Å². The summed E-state index contributed by atoms with van der Waals surface area (Å²) in [6.45, 7) is 0.976. The summed E-state index contributed by atoms with van der Waals surface area (Å²) < 4.78 is 47.4. The third-order valence-electron chi connectivity index (χ3n) is 5.97. The number of nitrogens with one attached hydrogen (secondary N) is 1. The number of rotatable bonds is 4. The zero-order valence-electron chi connectivity index (χ0n) is 18.3. The van der Waals surface area contributed by atoms with Gasteiger partial charge in [-0.25, -0.2) is 4.79 Å². The largest absolute Gasteiger partial charge is 0.496 e. The van der Waals surface area contributed by atoms with Crippen LogP contribution in [0.2, 0.25) is 0 Å². The summed E-state index contributed by atoms with van der Waals surface area (Å²) in [5, 5.41) is 3.76. The smallest absolute Gasteiger partial charge is 0.420 e. The molecular weight excluding hydrogens is 445 g/mol. The van der Waals surface area contributed by atoms with Crippen LogP contribution in [-0.4, -0.2) is 29.2 Å². The molecule has 1 aliphatic rings. The van der Waals surface area contributed by atoms with Crippen molar-refractivity contribution in [2.24, 2.45) is 0 Å². The van der Waals surface area contributed by atoms with Crippen LogP contribution in [0, 0.1) is 0 Å². The fourth-order valence-corrected chi connectivity index (χ4v) is 4.31. The summed E-state index contributed by atoms with van der Waals surface area (Å²) in [5.74, 6) is -0.241. The van der Waals surface area contributed by atoms with Gasteiger partial charge in [-0.3, -0.25) is 9.88 Å². The van der Waals surface area contributed by atoms with Gasteiger partial charge in [0.15, 0.2) is 0 Å². The van der Waals surface area contributed by atoms with Crippen LogP contribution in [-0.2, 0) is 19.1 Å². The summed E-state index contributed by atoms with van der Waals surface area (Å²) in [7, 11) is 1.21. The number of ether oxygens (including phenoxy) is 1. The Labute approximate surface area is 193 Å². The molecule has 1 N–H and O–H groups in total. The second kappa shape index (κ2) is 8.40. The van der Waals surface area contributed by atoms with Crippen molar-refractivity contribution < 1.29 is 22.7 Å². The van der Waals surface area contributed by atoms with Crippen LogP contribution in [0.25, 0.3) is 10.9 Å². The maximum Gasteiger partial charge on any atom is 0.420 e. The lowest BCUT2D eigenvalue weighted by atomic mass is 10.1. The first kappa shape index (κ1) is 21.8. The first-order chi connectivity index (χ1) is 16.3. The minimum atomic E-state index is -4.58. The van der Waals surface area contributed by atoms with Gasteiger partial charge in [0.1, 0.15) is 5.75 Å². The molecule has 0 saturated heterocycles. The summed E-state index contributed by atoms with van der Waals surface area (Å²) in [4.78, 5) is 18.3. The van der Waals surface area contributed by atoms with Crippen molar-refractivity contribution >= 4 is 28.3 Å². The number of nitrogens with zero attached hydrogens (tertiary/aromatic N) is 3. The number of carbonyl (C=O) groups excluding carboxylic acids is 1. The van der Waals surface area contributed by atoms with E-state index in [-0.39, 0.29) is 18.0 Å². The molecule has 0 saturated carbocycles. The zero-order chi connectivity index (χ0) is 23.9. The minimum Gasteiger partial charge on any atom is -0.496 e. The number of urea groups is 1. The summed E-state index contributed by atoms with van der Waals surface area (Å²) in [5.41, 5.74) is 2.68. The fourth-order valence-electron chi connectivity index (χ4n) is 4.31. The molecule has 9 heteroatoms. The van der Waals surface area contributed by atoms with Gasteiger partial charge in [0, 0.05) is 54.0 Å². The van der Waals surface area contributed by atoms with Gasteiger partial charge in [-0.05, 0) is 66.1 Å². The van der Waals surface area contributed by atoms with Gasteiger partial charge < -0.3 is 14.6 Å². The van der Waals surface area contributed by atoms with E-state index >= 15 is 0 Å². The number of fused-ring (bicyclic) bond motifs is 2. The van der Waals surface area contributed by atoms with Gasteiger partial charge in [0.2, 0.25) is 0 Å². The van der Waals surface area contributed by atoms with Crippen LogP contribution in [0.1, 0.15) is 16.7 Å². The van der Waals surface area contributed by atoms with E-state index in [1.54, 1.807) is 18.5 Å². The van der Waals surface area contributed by atoms with E-state index < -0.39 is 17.8 Å². The van der Waals surface area contributed by atoms with Gasteiger partial charge in [-0.2, -0.15) is 13.2 Å². The Balaban J connectivity index is 1.37. The number of benzene rings is 2. The predicted molar refractivity (Wildman–Crippen MR) is 123 cm³/mol. The molecule has 6 nitrogen and oxygen atoms in total. The Kier molecular flexibility index (Phi) is 5.39.